The highest BCUT2D eigenvalue weighted by Gasteiger charge is 2.19. The van der Waals surface area contributed by atoms with Crippen molar-refractivity contribution in [2.75, 3.05) is 19.8 Å². The molecular formula is C6H17N2O3PS. The molecule has 0 radical (unpaired) electrons. The van der Waals surface area contributed by atoms with Gasteiger partial charge in [-0.15, -0.1) is 0 Å². The Kier molecular flexibility index (Phi) is 5.32. The maximum atomic E-state index is 11.0. The second-order valence-corrected chi connectivity index (χ2v) is 5.49. The third kappa shape index (κ3) is 4.88. The topological polar surface area (TPSA) is 69.6 Å². The molecule has 0 saturated carbocycles. The van der Waals surface area contributed by atoms with Gasteiger partial charge >= 0.3 is 0 Å². The molecule has 0 aliphatic heterocycles. The van der Waals surface area contributed by atoms with Crippen LogP contribution in [0.4, 0.5) is 0 Å². The first-order valence-electron chi connectivity index (χ1n) is 3.84. The average molecular weight is 228 g/mol. The fourth-order valence-electron chi connectivity index (χ4n) is 0.668. The normalized spacial score (nSPS) is 17.4. The smallest absolute Gasteiger partial charge is 0.211 e. The molecule has 0 aliphatic carbocycles. The van der Waals surface area contributed by atoms with Crippen LogP contribution in [-0.4, -0.2) is 49.8 Å². The summed E-state index contributed by atoms with van der Waals surface area (Å²) in [5, 5.41) is 12.2. The molecule has 0 aliphatic rings. The van der Waals surface area contributed by atoms with E-state index in [1.807, 2.05) is 0 Å². The van der Waals surface area contributed by atoms with E-state index in [1.54, 1.807) is 6.92 Å². The molecule has 0 amide bonds. The quantitative estimate of drug-likeness (QED) is 0.593. The third-order valence-corrected chi connectivity index (χ3v) is 3.66. The highest BCUT2D eigenvalue weighted by atomic mass is 32.2. The minimum Gasteiger partial charge on any atom is -0.390 e. The van der Waals surface area contributed by atoms with Gasteiger partial charge in [0.05, 0.1) is 12.4 Å². The zero-order chi connectivity index (χ0) is 10.6. The second kappa shape index (κ2) is 5.22. The van der Waals surface area contributed by atoms with E-state index in [-0.39, 0.29) is 12.6 Å². The second-order valence-electron chi connectivity index (χ2n) is 3.07. The predicted octanol–water partition coefficient (Wildman–Crippen LogP) is -0.993. The van der Waals surface area contributed by atoms with Gasteiger partial charge < -0.3 is 5.11 Å². The van der Waals surface area contributed by atoms with Crippen LogP contribution in [0.2, 0.25) is 0 Å². The number of aliphatic hydroxyl groups excluding tert-OH is 1. The van der Waals surface area contributed by atoms with Crippen LogP contribution in [-0.2, 0) is 10.0 Å². The number of hydrogen-bond acceptors (Lipinski definition) is 4. The summed E-state index contributed by atoms with van der Waals surface area (Å²) in [5.41, 5.74) is 0. The Bertz CT molecular complexity index is 244. The minimum absolute atomic E-state index is 0.0986. The molecule has 0 aromatic heterocycles. The molecular weight excluding hydrogens is 211 g/mol. The van der Waals surface area contributed by atoms with E-state index in [0.717, 1.165) is 10.6 Å². The number of nitrogens with zero attached hydrogens (tertiary/aromatic N) is 1. The lowest BCUT2D eigenvalue weighted by atomic mass is 10.2. The van der Waals surface area contributed by atoms with Crippen molar-refractivity contribution in [2.45, 2.75) is 19.1 Å². The van der Waals surface area contributed by atoms with Crippen molar-refractivity contribution in [2.24, 2.45) is 0 Å². The Labute approximate surface area is 81.8 Å². The summed E-state index contributed by atoms with van der Waals surface area (Å²) in [5.74, 6) is 0. The predicted molar refractivity (Wildman–Crippen MR) is 55.8 cm³/mol. The molecule has 3 unspecified atom stereocenters. The molecule has 0 heterocycles. The number of rotatable bonds is 5. The summed E-state index contributed by atoms with van der Waals surface area (Å²) in [6.07, 6.45) is 0.399. The van der Waals surface area contributed by atoms with E-state index in [2.05, 4.69) is 14.5 Å². The molecule has 5 nitrogen and oxygen atoms in total. The summed E-state index contributed by atoms with van der Waals surface area (Å²) in [6.45, 7) is 1.87. The van der Waals surface area contributed by atoms with Crippen molar-refractivity contribution < 1.29 is 13.5 Å². The van der Waals surface area contributed by atoms with Crippen LogP contribution in [0.15, 0.2) is 0 Å². The first-order chi connectivity index (χ1) is 5.79. The molecule has 7 heteroatoms. The van der Waals surface area contributed by atoms with Crippen LogP contribution in [0.5, 0.6) is 0 Å². The fraction of sp³-hybridized carbons (Fsp3) is 1.00. The van der Waals surface area contributed by atoms with Crippen molar-refractivity contribution in [1.82, 2.24) is 9.39 Å². The van der Waals surface area contributed by atoms with Crippen molar-refractivity contribution >= 4 is 19.4 Å². The van der Waals surface area contributed by atoms with Crippen molar-refractivity contribution in [1.29, 1.82) is 0 Å². The van der Waals surface area contributed by atoms with Gasteiger partial charge in [-0.25, -0.2) is 12.7 Å². The number of sulfonamides is 1. The molecule has 0 spiro atoms. The maximum Gasteiger partial charge on any atom is 0.211 e. The molecule has 0 aromatic carbocycles. The molecule has 0 rings (SSSR count). The zero-order valence-corrected chi connectivity index (χ0v) is 10.0. The molecule has 80 valence electrons. The monoisotopic (exact) mass is 228 g/mol. The molecule has 0 saturated heterocycles. The van der Waals surface area contributed by atoms with Gasteiger partial charge in [0, 0.05) is 19.6 Å². The number of likely N-dealkylation sites (N-methyl/N-ethyl adjacent to an activating group) is 1. The van der Waals surface area contributed by atoms with Gasteiger partial charge in [0.15, 0.2) is 0 Å². The van der Waals surface area contributed by atoms with Crippen molar-refractivity contribution in [3.05, 3.63) is 0 Å². The maximum absolute atomic E-state index is 11.0. The van der Waals surface area contributed by atoms with E-state index in [1.165, 1.54) is 7.05 Å². The first-order valence-corrected chi connectivity index (χ1v) is 6.27. The van der Waals surface area contributed by atoms with Crippen LogP contribution in [0.1, 0.15) is 6.92 Å². The Morgan fingerprint density at radius 1 is 1.62 bits per heavy atom. The van der Waals surface area contributed by atoms with Crippen LogP contribution in [0.3, 0.4) is 0 Å². The van der Waals surface area contributed by atoms with Crippen molar-refractivity contribution in [3.63, 3.8) is 0 Å². The molecule has 3 atom stereocenters. The van der Waals surface area contributed by atoms with Crippen LogP contribution in [0.25, 0.3) is 0 Å². The van der Waals surface area contributed by atoms with Crippen LogP contribution >= 0.6 is 9.39 Å². The highest BCUT2D eigenvalue weighted by molar-refractivity contribution is 7.88. The van der Waals surface area contributed by atoms with Gasteiger partial charge in [-0.05, 0) is 6.92 Å². The fourth-order valence-corrected chi connectivity index (χ4v) is 1.31. The lowest BCUT2D eigenvalue weighted by Crippen LogP contribution is -2.42. The highest BCUT2D eigenvalue weighted by Crippen LogP contribution is 2.00. The summed E-state index contributed by atoms with van der Waals surface area (Å²) in [6, 6.07) is -0.158. The number of aliphatic hydroxyl groups is 1. The summed E-state index contributed by atoms with van der Waals surface area (Å²) < 4.78 is 23.1. The van der Waals surface area contributed by atoms with Crippen molar-refractivity contribution in [3.8, 4) is 0 Å². The Morgan fingerprint density at radius 2 is 2.08 bits per heavy atom. The molecule has 0 bridgehead atoms. The molecule has 2 N–H and O–H groups in total. The van der Waals surface area contributed by atoms with E-state index in [0.29, 0.717) is 0 Å². The van der Waals surface area contributed by atoms with Crippen LogP contribution < -0.4 is 5.09 Å². The lowest BCUT2D eigenvalue weighted by Gasteiger charge is -2.22. The average Bonchev–Trinajstić information content (AvgIpc) is 2.01. The van der Waals surface area contributed by atoms with Gasteiger partial charge in [-0.2, -0.15) is 0 Å². The molecule has 13 heavy (non-hydrogen) atoms. The van der Waals surface area contributed by atoms with E-state index in [9.17, 15) is 13.5 Å². The molecule has 0 fully saturated rings. The van der Waals surface area contributed by atoms with E-state index >= 15 is 0 Å². The minimum atomic E-state index is -3.20. The Hall–Kier alpha value is 0.260. The summed E-state index contributed by atoms with van der Waals surface area (Å²) in [7, 11) is 0.515. The number of hydrogen-bond donors (Lipinski definition) is 2. The Morgan fingerprint density at radius 3 is 2.38 bits per heavy atom. The third-order valence-electron chi connectivity index (χ3n) is 1.85. The van der Waals surface area contributed by atoms with Crippen LogP contribution in [0, 0.1) is 0 Å². The lowest BCUT2D eigenvalue weighted by molar-refractivity contribution is 0.126. The van der Waals surface area contributed by atoms with Gasteiger partial charge in [0.1, 0.15) is 0 Å². The standard InChI is InChI=1S/C6H17N2O3PS/c1-5(7-12)6(9)4-8(2)13(3,10)11/h5-7,9H,4,12H2,1-3H3. The van der Waals surface area contributed by atoms with Gasteiger partial charge in [0.2, 0.25) is 10.0 Å². The van der Waals surface area contributed by atoms with Gasteiger partial charge in [-0.3, -0.25) is 5.09 Å². The largest absolute Gasteiger partial charge is 0.390 e. The van der Waals surface area contributed by atoms with Gasteiger partial charge in [-0.1, -0.05) is 9.39 Å². The SMILES string of the molecule is CC(NP)C(O)CN(C)S(C)(=O)=O. The summed E-state index contributed by atoms with van der Waals surface area (Å²) >= 11 is 0. The van der Waals surface area contributed by atoms with Gasteiger partial charge in [0.25, 0.3) is 0 Å². The zero-order valence-electron chi connectivity index (χ0n) is 8.06. The van der Waals surface area contributed by atoms with E-state index in [4.69, 9.17) is 0 Å². The van der Waals surface area contributed by atoms with E-state index < -0.39 is 16.1 Å². The number of nitrogens with one attached hydrogen (secondary N) is 1. The molecule has 0 aromatic rings. The Balaban J connectivity index is 4.14. The summed E-state index contributed by atoms with van der Waals surface area (Å²) in [4.78, 5) is 0. The first kappa shape index (κ1) is 13.3.